The molecule has 38 valence electrons. The summed E-state index contributed by atoms with van der Waals surface area (Å²) in [7, 11) is -1.63. The van der Waals surface area contributed by atoms with Crippen LogP contribution in [-0.2, 0) is 4.46 Å². The molecular formula is CH7NO3Si. The first-order valence-electron chi connectivity index (χ1n) is 1.23. The Hall–Kier alpha value is -0.423. The van der Waals surface area contributed by atoms with Crippen LogP contribution in [0.2, 0.25) is 0 Å². The van der Waals surface area contributed by atoms with Crippen LogP contribution < -0.4 is 5.73 Å². The topological polar surface area (TPSA) is 83.6 Å². The van der Waals surface area contributed by atoms with E-state index in [0.717, 1.165) is 0 Å². The molecule has 0 amide bonds. The van der Waals surface area contributed by atoms with Gasteiger partial charge in [-0.15, -0.1) is 0 Å². The molecule has 4 N–H and O–H groups in total. The minimum absolute atomic E-state index is 1.50. The summed E-state index contributed by atoms with van der Waals surface area (Å²) < 4.78 is 8.74. The summed E-state index contributed by atoms with van der Waals surface area (Å²) in [6.45, 7) is 0. The highest BCUT2D eigenvalue weighted by molar-refractivity contribution is 6.22. The zero-order chi connectivity index (χ0) is 5.58. The quantitative estimate of drug-likeness (QED) is 0.313. The second-order valence-corrected chi connectivity index (χ2v) is 0.848. The second kappa shape index (κ2) is 8.82. The maximum absolute atomic E-state index is 8.74. The van der Waals surface area contributed by atoms with E-state index < -0.39 is 9.17 Å². The van der Waals surface area contributed by atoms with E-state index in [-0.39, 0.29) is 0 Å². The number of rotatable bonds is 0. The van der Waals surface area contributed by atoms with Crippen molar-refractivity contribution in [1.29, 1.82) is 0 Å². The van der Waals surface area contributed by atoms with E-state index in [4.69, 9.17) is 14.1 Å². The smallest absolute Gasteiger partial charge is 0.511 e. The van der Waals surface area contributed by atoms with Gasteiger partial charge in [-0.25, -0.2) is 0 Å². The van der Waals surface area contributed by atoms with Gasteiger partial charge in [-0.05, 0) is 7.05 Å². The molecule has 0 saturated carbocycles. The van der Waals surface area contributed by atoms with E-state index in [0.29, 0.717) is 0 Å². The minimum atomic E-state index is -3.13. The van der Waals surface area contributed by atoms with Crippen LogP contribution in [0.1, 0.15) is 0 Å². The SMILES string of the molecule is CN.O=[Si](O)O. The average Bonchev–Trinajstić information content (AvgIpc) is 1.41. The Morgan fingerprint density at radius 3 is 1.50 bits per heavy atom. The molecule has 0 spiro atoms. The van der Waals surface area contributed by atoms with Crippen LogP contribution in [-0.4, -0.2) is 25.8 Å². The highest BCUT2D eigenvalue weighted by atomic mass is 28.3. The van der Waals surface area contributed by atoms with E-state index in [1.165, 1.54) is 7.05 Å². The molecule has 5 heteroatoms. The van der Waals surface area contributed by atoms with Crippen molar-refractivity contribution in [3.05, 3.63) is 0 Å². The average molecular weight is 109 g/mol. The van der Waals surface area contributed by atoms with Crippen LogP contribution in [0.4, 0.5) is 0 Å². The Kier molecular flexibility index (Phi) is 13.4. The van der Waals surface area contributed by atoms with E-state index >= 15 is 0 Å². The molecule has 4 nitrogen and oxygen atoms in total. The predicted molar refractivity (Wildman–Crippen MR) is 21.0 cm³/mol. The molecule has 0 rings (SSSR count). The van der Waals surface area contributed by atoms with Gasteiger partial charge in [0.2, 0.25) is 0 Å². The van der Waals surface area contributed by atoms with E-state index in [1.54, 1.807) is 0 Å². The fourth-order valence-corrected chi connectivity index (χ4v) is 0. The Morgan fingerprint density at radius 1 is 1.50 bits per heavy atom. The van der Waals surface area contributed by atoms with Gasteiger partial charge in [-0.1, -0.05) is 0 Å². The molecule has 0 atom stereocenters. The van der Waals surface area contributed by atoms with Gasteiger partial charge in [0.25, 0.3) is 0 Å². The fourth-order valence-electron chi connectivity index (χ4n) is 0. The Balaban J connectivity index is 0. The third-order valence-electron chi connectivity index (χ3n) is 0. The van der Waals surface area contributed by atoms with Crippen LogP contribution in [0, 0.1) is 0 Å². The zero-order valence-corrected chi connectivity index (χ0v) is 4.38. The van der Waals surface area contributed by atoms with Crippen molar-refractivity contribution < 1.29 is 14.1 Å². The molecule has 0 aromatic heterocycles. The number of hydrogen-bond donors (Lipinski definition) is 3. The standard InChI is InChI=1S/CH5N.H2O3Si/c1-2;1-4(2)3/h2H2,1H3;1-2H. The number of nitrogens with two attached hydrogens (primary N) is 1. The molecule has 0 aromatic carbocycles. The molecule has 0 aliphatic heterocycles. The first kappa shape index (κ1) is 9.13. The van der Waals surface area contributed by atoms with Crippen molar-refractivity contribution >= 4 is 9.17 Å². The third kappa shape index (κ3) is 133. The molecule has 0 aliphatic carbocycles. The van der Waals surface area contributed by atoms with Crippen molar-refractivity contribution in [2.24, 2.45) is 5.73 Å². The van der Waals surface area contributed by atoms with Gasteiger partial charge in [-0.2, -0.15) is 0 Å². The van der Waals surface area contributed by atoms with Crippen LogP contribution in [0.15, 0.2) is 0 Å². The Labute approximate surface area is 37.1 Å². The van der Waals surface area contributed by atoms with Crippen molar-refractivity contribution in [2.45, 2.75) is 0 Å². The van der Waals surface area contributed by atoms with Gasteiger partial charge < -0.3 is 15.3 Å². The van der Waals surface area contributed by atoms with Gasteiger partial charge in [0.15, 0.2) is 0 Å². The summed E-state index contributed by atoms with van der Waals surface area (Å²) >= 11 is 0. The van der Waals surface area contributed by atoms with Gasteiger partial charge in [0.05, 0.1) is 0 Å². The molecule has 0 saturated heterocycles. The fraction of sp³-hybridized carbons (Fsp3) is 1.00. The number of hydrogen-bond acceptors (Lipinski definition) is 2. The third-order valence-corrected chi connectivity index (χ3v) is 0. The van der Waals surface area contributed by atoms with Gasteiger partial charge in [-0.3, -0.25) is 4.46 Å². The summed E-state index contributed by atoms with van der Waals surface area (Å²) in [4.78, 5) is 14.3. The summed E-state index contributed by atoms with van der Waals surface area (Å²) in [6.07, 6.45) is 0. The first-order valence-corrected chi connectivity index (χ1v) is 2.53. The lowest BCUT2D eigenvalue weighted by Crippen LogP contribution is -1.90. The predicted octanol–water partition coefficient (Wildman–Crippen LogP) is -2.04. The largest absolute Gasteiger partial charge is 0.761 e. The highest BCUT2D eigenvalue weighted by Crippen LogP contribution is 1.27. The molecule has 0 radical (unpaired) electrons. The van der Waals surface area contributed by atoms with Crippen molar-refractivity contribution in [2.75, 3.05) is 7.05 Å². The summed E-state index contributed by atoms with van der Waals surface area (Å²) in [5, 5.41) is 0. The van der Waals surface area contributed by atoms with Crippen LogP contribution in [0.5, 0.6) is 0 Å². The molecule has 6 heavy (non-hydrogen) atoms. The van der Waals surface area contributed by atoms with Crippen molar-refractivity contribution in [1.82, 2.24) is 0 Å². The molecule has 0 aromatic rings. The molecule has 0 unspecified atom stereocenters. The Morgan fingerprint density at radius 2 is 1.50 bits per heavy atom. The molecule has 0 fully saturated rings. The van der Waals surface area contributed by atoms with E-state index in [1.807, 2.05) is 0 Å². The lowest BCUT2D eigenvalue weighted by Gasteiger charge is -1.55. The second-order valence-electron chi connectivity index (χ2n) is 0.283. The summed E-state index contributed by atoms with van der Waals surface area (Å²) in [6, 6.07) is 0. The van der Waals surface area contributed by atoms with Gasteiger partial charge in [0.1, 0.15) is 0 Å². The minimum Gasteiger partial charge on any atom is -0.511 e. The lowest BCUT2D eigenvalue weighted by molar-refractivity contribution is 0.330. The van der Waals surface area contributed by atoms with E-state index in [9.17, 15) is 0 Å². The summed E-state index contributed by atoms with van der Waals surface area (Å²) in [5.74, 6) is 0. The molecule has 0 bridgehead atoms. The van der Waals surface area contributed by atoms with Crippen molar-refractivity contribution in [3.8, 4) is 0 Å². The lowest BCUT2D eigenvalue weighted by atomic mass is 11.6. The van der Waals surface area contributed by atoms with Gasteiger partial charge >= 0.3 is 9.17 Å². The highest BCUT2D eigenvalue weighted by Gasteiger charge is 1.85. The van der Waals surface area contributed by atoms with E-state index in [2.05, 4.69) is 5.73 Å². The molecular weight excluding hydrogens is 102 g/mol. The maximum Gasteiger partial charge on any atom is 0.761 e. The maximum atomic E-state index is 8.74. The monoisotopic (exact) mass is 109 g/mol. The Bertz CT molecular complexity index is 33.8. The molecule has 0 heterocycles. The normalized spacial score (nSPS) is 5.00. The van der Waals surface area contributed by atoms with Crippen LogP contribution in [0.3, 0.4) is 0 Å². The van der Waals surface area contributed by atoms with Crippen LogP contribution >= 0.6 is 0 Å². The first-order chi connectivity index (χ1) is 2.73. The van der Waals surface area contributed by atoms with Crippen LogP contribution in [0.25, 0.3) is 0 Å². The molecule has 0 aliphatic rings. The van der Waals surface area contributed by atoms with Crippen molar-refractivity contribution in [3.63, 3.8) is 0 Å². The van der Waals surface area contributed by atoms with Gasteiger partial charge in [0, 0.05) is 0 Å². The summed E-state index contributed by atoms with van der Waals surface area (Å²) in [5.41, 5.74) is 4.50. The zero-order valence-electron chi connectivity index (χ0n) is 3.38.